The van der Waals surface area contributed by atoms with Crippen LogP contribution in [0.4, 0.5) is 0 Å². The summed E-state index contributed by atoms with van der Waals surface area (Å²) in [5, 5.41) is 6.66. The van der Waals surface area contributed by atoms with Gasteiger partial charge in [-0.15, -0.1) is 0 Å². The zero-order valence-corrected chi connectivity index (χ0v) is 18.7. The average molecular weight is 445 g/mol. The quantitative estimate of drug-likeness (QED) is 0.293. The molecule has 1 aromatic carbocycles. The summed E-state index contributed by atoms with van der Waals surface area (Å²) in [6.45, 7) is 6.96. The minimum atomic E-state index is 0.528. The van der Waals surface area contributed by atoms with E-state index in [4.69, 9.17) is 14.2 Å². The molecule has 8 heteroatoms. The lowest BCUT2D eigenvalue weighted by Crippen LogP contribution is -2.41. The highest BCUT2D eigenvalue weighted by molar-refractivity contribution is 9.10. The Labute approximate surface area is 171 Å². The summed E-state index contributed by atoms with van der Waals surface area (Å²) in [5.41, 5.74) is 1.03. The Morgan fingerprint density at radius 3 is 2.44 bits per heavy atom. The molecular weight excluding hydrogens is 412 g/mol. The van der Waals surface area contributed by atoms with Gasteiger partial charge in [-0.3, -0.25) is 0 Å². The lowest BCUT2D eigenvalue weighted by molar-refractivity contribution is 0.180. The Balaban J connectivity index is 2.63. The minimum absolute atomic E-state index is 0.528. The van der Waals surface area contributed by atoms with Crippen LogP contribution in [-0.2, 0) is 11.3 Å². The van der Waals surface area contributed by atoms with E-state index in [2.05, 4.69) is 50.4 Å². The van der Waals surface area contributed by atoms with Gasteiger partial charge in [0.1, 0.15) is 0 Å². The van der Waals surface area contributed by atoms with E-state index >= 15 is 0 Å². The zero-order chi connectivity index (χ0) is 20.1. The molecule has 2 N–H and O–H groups in total. The summed E-state index contributed by atoms with van der Waals surface area (Å²) in [5.74, 6) is 2.18. The topological polar surface area (TPSA) is 67.4 Å². The number of ether oxygens (including phenoxy) is 3. The van der Waals surface area contributed by atoms with Crippen LogP contribution in [0.5, 0.6) is 11.5 Å². The number of halogens is 1. The van der Waals surface area contributed by atoms with Crippen molar-refractivity contribution in [3.8, 4) is 11.5 Å². The largest absolute Gasteiger partial charge is 0.493 e. The number of aliphatic imine (C=N–C) groups is 1. The molecule has 0 aliphatic carbocycles. The number of rotatable bonds is 12. The Morgan fingerprint density at radius 1 is 1.11 bits per heavy atom. The van der Waals surface area contributed by atoms with Gasteiger partial charge < -0.3 is 29.7 Å². The number of hydrogen-bond donors (Lipinski definition) is 2. The highest BCUT2D eigenvalue weighted by atomic mass is 79.9. The van der Waals surface area contributed by atoms with Crippen LogP contribution in [0.15, 0.2) is 21.6 Å². The van der Waals surface area contributed by atoms with Gasteiger partial charge in [0.25, 0.3) is 0 Å². The molecule has 1 rings (SSSR count). The first-order valence-corrected chi connectivity index (χ1v) is 9.95. The van der Waals surface area contributed by atoms with Crippen molar-refractivity contribution < 1.29 is 14.2 Å². The molecule has 27 heavy (non-hydrogen) atoms. The highest BCUT2D eigenvalue weighted by Gasteiger charge is 2.09. The standard InChI is InChI=1S/C19H33BrN4O3/c1-6-21-19(22-8-10-24(2)9-7-11-25-3)23-14-15-12-17(26-4)18(27-5)13-16(15)20/h12-13H,6-11,14H2,1-5H3,(H2,21,22,23). The first-order chi connectivity index (χ1) is 13.0. The lowest BCUT2D eigenvalue weighted by Gasteiger charge is -2.18. The third kappa shape index (κ3) is 8.81. The van der Waals surface area contributed by atoms with Crippen molar-refractivity contribution >= 4 is 21.9 Å². The van der Waals surface area contributed by atoms with Gasteiger partial charge in [-0.25, -0.2) is 4.99 Å². The van der Waals surface area contributed by atoms with Crippen molar-refractivity contribution in [2.24, 2.45) is 4.99 Å². The van der Waals surface area contributed by atoms with Crippen LogP contribution in [0.25, 0.3) is 0 Å². The molecule has 7 nitrogen and oxygen atoms in total. The molecule has 0 atom stereocenters. The van der Waals surface area contributed by atoms with E-state index in [-0.39, 0.29) is 0 Å². The molecule has 0 unspecified atom stereocenters. The molecule has 0 aliphatic heterocycles. The summed E-state index contributed by atoms with van der Waals surface area (Å²) < 4.78 is 16.7. The van der Waals surface area contributed by atoms with Crippen LogP contribution < -0.4 is 20.1 Å². The fraction of sp³-hybridized carbons (Fsp3) is 0.632. The van der Waals surface area contributed by atoms with Crippen LogP contribution in [0.1, 0.15) is 18.9 Å². The van der Waals surface area contributed by atoms with Gasteiger partial charge in [0.15, 0.2) is 17.5 Å². The van der Waals surface area contributed by atoms with Crippen molar-refractivity contribution in [3.63, 3.8) is 0 Å². The second-order valence-electron chi connectivity index (χ2n) is 6.07. The van der Waals surface area contributed by atoms with Gasteiger partial charge in [-0.2, -0.15) is 0 Å². The van der Waals surface area contributed by atoms with Crippen molar-refractivity contribution in [1.29, 1.82) is 0 Å². The van der Waals surface area contributed by atoms with E-state index in [0.29, 0.717) is 18.0 Å². The lowest BCUT2D eigenvalue weighted by atomic mass is 10.2. The molecule has 0 amide bonds. The van der Waals surface area contributed by atoms with Gasteiger partial charge in [0.2, 0.25) is 0 Å². The maximum atomic E-state index is 5.38. The molecule has 0 fully saturated rings. The number of hydrogen-bond acceptors (Lipinski definition) is 5. The maximum Gasteiger partial charge on any atom is 0.191 e. The molecule has 0 saturated carbocycles. The molecule has 154 valence electrons. The SMILES string of the molecule is CCNC(=NCc1cc(OC)c(OC)cc1Br)NCCN(C)CCCOC. The van der Waals surface area contributed by atoms with Crippen molar-refractivity contribution in [2.75, 3.05) is 61.2 Å². The monoisotopic (exact) mass is 444 g/mol. The first kappa shape index (κ1) is 23.5. The molecule has 0 aliphatic rings. The second-order valence-corrected chi connectivity index (χ2v) is 6.92. The van der Waals surface area contributed by atoms with Crippen LogP contribution in [0.3, 0.4) is 0 Å². The van der Waals surface area contributed by atoms with E-state index in [0.717, 1.165) is 55.2 Å². The summed E-state index contributed by atoms with van der Waals surface area (Å²) in [7, 11) is 7.11. The number of likely N-dealkylation sites (N-methyl/N-ethyl adjacent to an activating group) is 1. The summed E-state index contributed by atoms with van der Waals surface area (Å²) in [6.07, 6.45) is 1.04. The Kier molecular flexibility index (Phi) is 11.9. The molecule has 0 radical (unpaired) electrons. The van der Waals surface area contributed by atoms with Crippen LogP contribution in [0, 0.1) is 0 Å². The number of nitrogens with one attached hydrogen (secondary N) is 2. The fourth-order valence-corrected chi connectivity index (χ4v) is 2.93. The van der Waals surface area contributed by atoms with E-state index in [9.17, 15) is 0 Å². The molecule has 1 aromatic rings. The molecule has 0 saturated heterocycles. The van der Waals surface area contributed by atoms with E-state index in [1.807, 2.05) is 12.1 Å². The average Bonchev–Trinajstić information content (AvgIpc) is 2.66. The Hall–Kier alpha value is -1.51. The maximum absolute atomic E-state index is 5.38. The zero-order valence-electron chi connectivity index (χ0n) is 17.1. The van der Waals surface area contributed by atoms with Gasteiger partial charge in [-0.05, 0) is 38.1 Å². The smallest absolute Gasteiger partial charge is 0.191 e. The second kappa shape index (κ2) is 13.6. The fourth-order valence-electron chi connectivity index (χ4n) is 2.48. The Bertz CT molecular complexity index is 584. The molecule has 0 spiro atoms. The van der Waals surface area contributed by atoms with Gasteiger partial charge in [-0.1, -0.05) is 15.9 Å². The van der Waals surface area contributed by atoms with Gasteiger partial charge >= 0.3 is 0 Å². The first-order valence-electron chi connectivity index (χ1n) is 9.15. The highest BCUT2D eigenvalue weighted by Crippen LogP contribution is 2.33. The summed E-state index contributed by atoms with van der Waals surface area (Å²) in [4.78, 5) is 6.96. The number of methoxy groups -OCH3 is 3. The number of benzene rings is 1. The van der Waals surface area contributed by atoms with Crippen LogP contribution in [-0.4, -0.2) is 72.0 Å². The van der Waals surface area contributed by atoms with Crippen LogP contribution >= 0.6 is 15.9 Å². The van der Waals surface area contributed by atoms with E-state index in [1.54, 1.807) is 21.3 Å². The summed E-state index contributed by atoms with van der Waals surface area (Å²) >= 11 is 3.58. The molecular formula is C19H33BrN4O3. The van der Waals surface area contributed by atoms with Gasteiger partial charge in [0.05, 0.1) is 20.8 Å². The minimum Gasteiger partial charge on any atom is -0.493 e. The van der Waals surface area contributed by atoms with E-state index < -0.39 is 0 Å². The molecule has 0 aromatic heterocycles. The summed E-state index contributed by atoms with van der Waals surface area (Å²) in [6, 6.07) is 3.85. The predicted octanol–water partition coefficient (Wildman–Crippen LogP) is 2.49. The van der Waals surface area contributed by atoms with Gasteiger partial charge in [0, 0.05) is 44.4 Å². The third-order valence-electron chi connectivity index (χ3n) is 3.98. The molecule has 0 heterocycles. The van der Waals surface area contributed by atoms with Crippen molar-refractivity contribution in [2.45, 2.75) is 19.9 Å². The van der Waals surface area contributed by atoms with Crippen LogP contribution in [0.2, 0.25) is 0 Å². The normalized spacial score (nSPS) is 11.6. The van der Waals surface area contributed by atoms with Crippen molar-refractivity contribution in [3.05, 3.63) is 22.2 Å². The third-order valence-corrected chi connectivity index (χ3v) is 4.72. The molecule has 0 bridgehead atoms. The Morgan fingerprint density at radius 2 is 1.81 bits per heavy atom. The predicted molar refractivity (Wildman–Crippen MR) is 114 cm³/mol. The van der Waals surface area contributed by atoms with Crippen molar-refractivity contribution in [1.82, 2.24) is 15.5 Å². The van der Waals surface area contributed by atoms with E-state index in [1.165, 1.54) is 0 Å². The number of guanidine groups is 1. The number of nitrogens with zero attached hydrogens (tertiary/aromatic N) is 2.